The Kier molecular flexibility index (Phi) is 16.3. The highest BCUT2D eigenvalue weighted by molar-refractivity contribution is 6.75. The highest BCUT2D eigenvalue weighted by Crippen LogP contribution is 2.48. The molecule has 1 N–H and O–H groups in total. The van der Waals surface area contributed by atoms with Crippen LogP contribution in [0.4, 0.5) is 0 Å². The lowest BCUT2D eigenvalue weighted by molar-refractivity contribution is -0.177. The molecule has 2 rings (SSSR count). The van der Waals surface area contributed by atoms with E-state index in [1.165, 1.54) is 0 Å². The van der Waals surface area contributed by atoms with Gasteiger partial charge in [-0.2, -0.15) is 0 Å². The molecule has 0 spiro atoms. The molecule has 11 heteroatoms. The second-order valence-corrected chi connectivity index (χ2v) is 30.2. The Balaban J connectivity index is 3.02. The van der Waals surface area contributed by atoms with Crippen LogP contribution in [0.25, 0.3) is 0 Å². The third kappa shape index (κ3) is 10.0. The van der Waals surface area contributed by atoms with Gasteiger partial charge >= 0.3 is 0 Å². The van der Waals surface area contributed by atoms with Crippen molar-refractivity contribution in [3.05, 3.63) is 11.6 Å². The van der Waals surface area contributed by atoms with E-state index in [1.54, 1.807) is 0 Å². The number of hydrogen-bond donors (Lipinski definition) is 1. The molecule has 0 aromatic rings. The number of hydrogen-bond acceptors (Lipinski definition) is 8. The summed E-state index contributed by atoms with van der Waals surface area (Å²) in [5.74, 6) is 9.22. The minimum Gasteiger partial charge on any atom is -0.408 e. The Morgan fingerprint density at radius 2 is 1.54 bits per heavy atom. The zero-order chi connectivity index (χ0) is 38.2. The molecule has 50 heavy (non-hydrogen) atoms. The Hall–Kier alpha value is -0.809. The van der Waals surface area contributed by atoms with E-state index >= 15 is 0 Å². The molecular formula is C39H72O8Si3. The van der Waals surface area contributed by atoms with Crippen LogP contribution in [0.5, 0.6) is 0 Å². The van der Waals surface area contributed by atoms with E-state index < -0.39 is 66.5 Å². The van der Waals surface area contributed by atoms with Crippen molar-refractivity contribution in [1.29, 1.82) is 0 Å². The van der Waals surface area contributed by atoms with Crippen molar-refractivity contribution in [3.8, 4) is 24.2 Å². The summed E-state index contributed by atoms with van der Waals surface area (Å²) >= 11 is 0. The summed E-state index contributed by atoms with van der Waals surface area (Å²) in [5.41, 5.74) is -1.70. The topological polar surface area (TPSA) is 84.8 Å². The molecule has 1 aliphatic heterocycles. The molecule has 1 fully saturated rings. The smallest absolute Gasteiger partial charge is 0.194 e. The van der Waals surface area contributed by atoms with Crippen LogP contribution < -0.4 is 0 Å². The van der Waals surface area contributed by atoms with Gasteiger partial charge in [0.05, 0.1) is 13.2 Å². The van der Waals surface area contributed by atoms with Crippen LogP contribution in [0.15, 0.2) is 11.6 Å². The lowest BCUT2D eigenvalue weighted by Crippen LogP contribution is -2.60. The maximum atomic E-state index is 11.3. The van der Waals surface area contributed by atoms with E-state index in [0.29, 0.717) is 12.2 Å². The van der Waals surface area contributed by atoms with Crippen molar-refractivity contribution in [3.63, 3.8) is 0 Å². The molecule has 1 heterocycles. The highest BCUT2D eigenvalue weighted by Gasteiger charge is 2.58. The molecule has 0 aromatic carbocycles. The molecule has 1 saturated heterocycles. The molecule has 6 atom stereocenters. The number of rotatable bonds is 19. The minimum atomic E-state index is -2.42. The molecule has 8 nitrogen and oxygen atoms in total. The fraction of sp³-hybridized carbons (Fsp3) is 0.846. The van der Waals surface area contributed by atoms with Gasteiger partial charge in [0.15, 0.2) is 42.6 Å². The third-order valence-corrected chi connectivity index (χ3v) is 25.5. The molecule has 0 saturated carbocycles. The first kappa shape index (κ1) is 45.3. The third-order valence-electron chi connectivity index (χ3n) is 11.7. The van der Waals surface area contributed by atoms with Gasteiger partial charge in [-0.1, -0.05) is 74.2 Å². The quantitative estimate of drug-likeness (QED) is 0.0797. The SMILES string of the molecule is C#CC[C@]1(O[Si](CC)(CC)CC)C(C#C[C@@](CO)(O[Si](CC)(CC)CC)[C@H]2COC(C)(C)O2)=C[C@@H](OC(C)OCC)[C@@H]1O[Si](C)(C)C(C)(C)C. The van der Waals surface area contributed by atoms with Gasteiger partial charge in [0.1, 0.15) is 23.9 Å². The van der Waals surface area contributed by atoms with Crippen LogP contribution in [0, 0.1) is 24.2 Å². The first-order valence-corrected chi connectivity index (χ1v) is 27.2. The lowest BCUT2D eigenvalue weighted by atomic mass is 9.88. The highest BCUT2D eigenvalue weighted by atomic mass is 28.4. The minimum absolute atomic E-state index is 0.0882. The lowest BCUT2D eigenvalue weighted by Gasteiger charge is -2.48. The van der Waals surface area contributed by atoms with E-state index in [9.17, 15) is 5.11 Å². The summed E-state index contributed by atoms with van der Waals surface area (Å²) < 4.78 is 47.2. The van der Waals surface area contributed by atoms with Gasteiger partial charge in [0, 0.05) is 18.6 Å². The Morgan fingerprint density at radius 3 is 1.96 bits per heavy atom. The van der Waals surface area contributed by atoms with Gasteiger partial charge in [-0.25, -0.2) is 0 Å². The summed E-state index contributed by atoms with van der Waals surface area (Å²) in [6.45, 7) is 32.4. The molecule has 1 aliphatic carbocycles. The predicted molar refractivity (Wildman–Crippen MR) is 211 cm³/mol. The monoisotopic (exact) mass is 752 g/mol. The second kappa shape index (κ2) is 18.0. The van der Waals surface area contributed by atoms with Crippen LogP contribution >= 0.6 is 0 Å². The van der Waals surface area contributed by atoms with Crippen molar-refractivity contribution >= 4 is 25.0 Å². The molecule has 0 aromatic heterocycles. The van der Waals surface area contributed by atoms with E-state index in [4.69, 9.17) is 38.6 Å². The Morgan fingerprint density at radius 1 is 0.980 bits per heavy atom. The molecule has 2 aliphatic rings. The van der Waals surface area contributed by atoms with Crippen LogP contribution in [-0.4, -0.2) is 91.5 Å². The largest absolute Gasteiger partial charge is 0.408 e. The van der Waals surface area contributed by atoms with Crippen molar-refractivity contribution in [2.45, 2.75) is 192 Å². The summed E-state index contributed by atoms with van der Waals surface area (Å²) in [6, 6.07) is 5.43. The van der Waals surface area contributed by atoms with E-state index in [0.717, 1.165) is 36.3 Å². The van der Waals surface area contributed by atoms with Crippen molar-refractivity contribution in [2.24, 2.45) is 0 Å². The van der Waals surface area contributed by atoms with Crippen LogP contribution in [0.2, 0.25) is 54.4 Å². The van der Waals surface area contributed by atoms with Gasteiger partial charge in [-0.05, 0) is 88.2 Å². The maximum Gasteiger partial charge on any atom is 0.194 e. The fourth-order valence-corrected chi connectivity index (χ4v) is 14.1. The zero-order valence-corrected chi connectivity index (χ0v) is 37.3. The van der Waals surface area contributed by atoms with Crippen molar-refractivity contribution in [2.75, 3.05) is 19.8 Å². The molecule has 288 valence electrons. The molecular weight excluding hydrogens is 681 g/mol. The predicted octanol–water partition coefficient (Wildman–Crippen LogP) is 8.78. The van der Waals surface area contributed by atoms with Crippen LogP contribution in [-0.2, 0) is 32.2 Å². The molecule has 0 amide bonds. The number of aliphatic hydroxyl groups excluding tert-OH is 1. The first-order valence-electron chi connectivity index (χ1n) is 19.2. The number of ether oxygens (including phenoxy) is 4. The van der Waals surface area contributed by atoms with Gasteiger partial charge in [0.25, 0.3) is 0 Å². The van der Waals surface area contributed by atoms with Gasteiger partial charge in [-0.15, -0.1) is 12.3 Å². The average molecular weight is 753 g/mol. The standard InChI is InChI=1S/C39H72O8Si3/c1-17-26-39(47-50(22-6,23-7)24-8)32(28-33(43-31(9)41-18-2)35(39)45-48(15,16)36(10,11)12)25-27-38(30-40,34-29-42-37(13,14)44-34)46-49(19-3,20-4)21-5/h1,28,31,33-35,40H,18-24,26,29-30H2,2-16H3/t31?,33-,34-,35+,38+,39+/m1/s1. The summed E-state index contributed by atoms with van der Waals surface area (Å²) in [5, 5.41) is 11.2. The molecule has 0 radical (unpaired) electrons. The first-order chi connectivity index (χ1) is 23.2. The van der Waals surface area contributed by atoms with E-state index in [1.807, 2.05) is 33.8 Å². The number of terminal acetylenes is 1. The second-order valence-electron chi connectivity index (χ2n) is 16.1. The average Bonchev–Trinajstić information content (AvgIpc) is 3.56. The van der Waals surface area contributed by atoms with Gasteiger partial charge in [0.2, 0.25) is 0 Å². The molecule has 0 bridgehead atoms. The fourth-order valence-electron chi connectivity index (χ4n) is 6.86. The number of aliphatic hydroxyl groups is 1. The van der Waals surface area contributed by atoms with E-state index in [2.05, 4.69) is 93.2 Å². The zero-order valence-electron chi connectivity index (χ0n) is 34.3. The van der Waals surface area contributed by atoms with Gasteiger partial charge in [-0.3, -0.25) is 0 Å². The maximum absolute atomic E-state index is 11.3. The summed E-state index contributed by atoms with van der Waals surface area (Å²) in [4.78, 5) is 0. The molecule has 1 unspecified atom stereocenters. The Bertz CT molecular complexity index is 1200. The van der Waals surface area contributed by atoms with Crippen LogP contribution in [0.1, 0.15) is 96.4 Å². The summed E-state index contributed by atoms with van der Waals surface area (Å²) in [7, 11) is -7.07. The normalized spacial score (nSPS) is 26.1. The van der Waals surface area contributed by atoms with Crippen molar-refractivity contribution < 1.29 is 37.3 Å². The van der Waals surface area contributed by atoms with E-state index in [-0.39, 0.29) is 24.7 Å². The Labute approximate surface area is 309 Å². The van der Waals surface area contributed by atoms with Gasteiger partial charge < -0.3 is 37.3 Å². The van der Waals surface area contributed by atoms with Crippen molar-refractivity contribution in [1.82, 2.24) is 0 Å². The van der Waals surface area contributed by atoms with Crippen LogP contribution in [0.3, 0.4) is 0 Å². The summed E-state index contributed by atoms with van der Waals surface area (Å²) in [6.07, 6.45) is 6.39.